The number of rotatable bonds is 14. The fourth-order valence-electron chi connectivity index (χ4n) is 5.30. The number of amides is 2. The number of imidazole rings is 2. The van der Waals surface area contributed by atoms with Crippen LogP contribution in [-0.4, -0.2) is 87.3 Å². The van der Waals surface area contributed by atoms with Gasteiger partial charge in [-0.2, -0.15) is 0 Å². The summed E-state index contributed by atoms with van der Waals surface area (Å²) in [4.78, 5) is 40.0. The van der Waals surface area contributed by atoms with Crippen molar-refractivity contribution in [2.24, 2.45) is 11.5 Å². The van der Waals surface area contributed by atoms with Crippen molar-refractivity contribution in [2.75, 3.05) is 51.8 Å². The minimum absolute atomic E-state index is 0.334. The van der Waals surface area contributed by atoms with Crippen molar-refractivity contribution >= 4 is 40.0 Å². The van der Waals surface area contributed by atoms with E-state index in [1.807, 2.05) is 15.2 Å². The molecule has 5 N–H and O–H groups in total. The zero-order valence-electron chi connectivity index (χ0n) is 24.7. The normalized spacial score (nSPS) is 14.2. The highest BCUT2D eigenvalue weighted by Crippen LogP contribution is 2.31. The summed E-state index contributed by atoms with van der Waals surface area (Å²) >= 11 is 0. The summed E-state index contributed by atoms with van der Waals surface area (Å²) in [5.41, 5.74) is 14.5. The van der Waals surface area contributed by atoms with E-state index < -0.39 is 11.8 Å². The van der Waals surface area contributed by atoms with Crippen molar-refractivity contribution < 1.29 is 19.1 Å². The fraction of sp³-hybridized carbons (Fsp3) is 0.433. The molecule has 5 rings (SSSR count). The minimum Gasteiger partial charge on any atom is -0.491 e. The van der Waals surface area contributed by atoms with Gasteiger partial charge in [0.1, 0.15) is 22.6 Å². The number of carbonyl (C=O) groups is 2. The summed E-state index contributed by atoms with van der Waals surface area (Å²) < 4.78 is 15.8. The Labute approximate surface area is 249 Å². The molecule has 1 aliphatic heterocycles. The average Bonchev–Trinajstić information content (AvgIpc) is 3.54. The average molecular weight is 590 g/mol. The van der Waals surface area contributed by atoms with Gasteiger partial charge < -0.3 is 35.4 Å². The van der Waals surface area contributed by atoms with Crippen molar-refractivity contribution in [3.05, 3.63) is 53.5 Å². The largest absolute Gasteiger partial charge is 0.491 e. The summed E-state index contributed by atoms with van der Waals surface area (Å²) in [6.07, 6.45) is 8.12. The van der Waals surface area contributed by atoms with Gasteiger partial charge >= 0.3 is 0 Å². The van der Waals surface area contributed by atoms with E-state index in [0.29, 0.717) is 59.2 Å². The van der Waals surface area contributed by atoms with E-state index in [-0.39, 0.29) is 0 Å². The summed E-state index contributed by atoms with van der Waals surface area (Å²) in [5.74, 6) is 1.03. The van der Waals surface area contributed by atoms with Crippen LogP contribution in [0, 0.1) is 0 Å². The summed E-state index contributed by atoms with van der Waals surface area (Å²) in [7, 11) is 1.81. The van der Waals surface area contributed by atoms with Crippen molar-refractivity contribution in [2.45, 2.75) is 39.3 Å². The van der Waals surface area contributed by atoms with Crippen molar-refractivity contribution in [3.8, 4) is 5.75 Å². The molecule has 0 radical (unpaired) electrons. The summed E-state index contributed by atoms with van der Waals surface area (Å²) in [6.45, 7) is 7.90. The molecule has 1 aliphatic rings. The molecule has 1 aromatic carbocycles. The third-order valence-corrected chi connectivity index (χ3v) is 7.46. The molecule has 13 nitrogen and oxygen atoms in total. The SMILES string of the molecule is CCCc1nc2cc(C(N)=O)cnc2n1C/C=C/Cn1c(NC)nc2cc(C(N)=O)cc(OCCCN3CCOCC3)c21. The van der Waals surface area contributed by atoms with Crippen LogP contribution in [0.5, 0.6) is 5.75 Å². The number of morpholine rings is 1. The number of pyridine rings is 1. The van der Waals surface area contributed by atoms with Crippen molar-refractivity contribution in [3.63, 3.8) is 0 Å². The number of benzene rings is 1. The molecule has 4 heterocycles. The van der Waals surface area contributed by atoms with Crippen LogP contribution < -0.4 is 21.5 Å². The number of allylic oxidation sites excluding steroid dienone is 2. The van der Waals surface area contributed by atoms with Crippen LogP contribution in [0.4, 0.5) is 5.95 Å². The third kappa shape index (κ3) is 6.78. The Kier molecular flexibility index (Phi) is 9.52. The maximum atomic E-state index is 12.1. The Morgan fingerprint density at radius 2 is 1.74 bits per heavy atom. The first-order valence-electron chi connectivity index (χ1n) is 14.6. The number of aromatic nitrogens is 5. The highest BCUT2D eigenvalue weighted by Gasteiger charge is 2.18. The number of primary amides is 2. The van der Waals surface area contributed by atoms with E-state index in [0.717, 1.165) is 63.5 Å². The van der Waals surface area contributed by atoms with E-state index in [1.54, 1.807) is 25.2 Å². The van der Waals surface area contributed by atoms with Gasteiger partial charge in [-0.3, -0.25) is 14.5 Å². The molecule has 1 saturated heterocycles. The Morgan fingerprint density at radius 3 is 2.44 bits per heavy atom. The van der Waals surface area contributed by atoms with E-state index in [1.165, 1.54) is 6.20 Å². The van der Waals surface area contributed by atoms with Crippen LogP contribution in [0.25, 0.3) is 22.2 Å². The molecule has 0 spiro atoms. The first-order chi connectivity index (χ1) is 20.9. The van der Waals surface area contributed by atoms with Gasteiger partial charge in [0.05, 0.1) is 30.9 Å². The molecular weight excluding hydrogens is 550 g/mol. The van der Waals surface area contributed by atoms with Gasteiger partial charge in [0, 0.05) is 58.0 Å². The summed E-state index contributed by atoms with van der Waals surface area (Å²) in [5, 5.41) is 3.15. The van der Waals surface area contributed by atoms with E-state index in [2.05, 4.69) is 28.2 Å². The number of nitrogens with one attached hydrogen (secondary N) is 1. The zero-order chi connectivity index (χ0) is 30.3. The van der Waals surface area contributed by atoms with Gasteiger partial charge in [0.2, 0.25) is 17.8 Å². The Balaban J connectivity index is 1.37. The number of anilines is 1. The minimum atomic E-state index is -0.535. The van der Waals surface area contributed by atoms with Gasteiger partial charge in [-0.05, 0) is 31.0 Å². The number of ether oxygens (including phenoxy) is 2. The number of nitrogens with zero attached hydrogens (tertiary/aromatic N) is 6. The predicted molar refractivity (Wildman–Crippen MR) is 164 cm³/mol. The Morgan fingerprint density at radius 1 is 1.02 bits per heavy atom. The van der Waals surface area contributed by atoms with Gasteiger partial charge in [0.25, 0.3) is 0 Å². The number of hydrogen-bond donors (Lipinski definition) is 3. The standard InChI is InChI=1S/C30H39N9O4/c1-3-7-25-35-23-17-21(28(32)41)19-34-29(23)38(25)9-4-5-10-39-26-22(36-30(39)33-2)16-20(27(31)40)18-24(26)43-13-6-8-37-11-14-42-15-12-37/h4-5,16-19H,3,6-15H2,1-2H3,(H2,31,40)(H2,32,41)(H,33,36)/b5-4+. The highest BCUT2D eigenvalue weighted by atomic mass is 16.5. The predicted octanol–water partition coefficient (Wildman–Crippen LogP) is 2.33. The quantitative estimate of drug-likeness (QED) is 0.148. The van der Waals surface area contributed by atoms with Gasteiger partial charge in [0.15, 0.2) is 5.65 Å². The van der Waals surface area contributed by atoms with Crippen LogP contribution >= 0.6 is 0 Å². The molecule has 13 heteroatoms. The number of fused-ring (bicyclic) bond motifs is 2. The summed E-state index contributed by atoms with van der Waals surface area (Å²) in [6, 6.07) is 5.07. The first-order valence-corrected chi connectivity index (χ1v) is 14.6. The molecular formula is C30H39N9O4. The van der Waals surface area contributed by atoms with Crippen LogP contribution in [0.2, 0.25) is 0 Å². The lowest BCUT2D eigenvalue weighted by molar-refractivity contribution is 0.0358. The second-order valence-corrected chi connectivity index (χ2v) is 10.4. The Bertz CT molecular complexity index is 1640. The van der Waals surface area contributed by atoms with Crippen LogP contribution in [0.1, 0.15) is 46.3 Å². The highest BCUT2D eigenvalue weighted by molar-refractivity contribution is 5.99. The second kappa shape index (κ2) is 13.7. The Hall–Kier alpha value is -4.49. The van der Waals surface area contributed by atoms with Crippen LogP contribution in [0.3, 0.4) is 0 Å². The molecule has 0 saturated carbocycles. The molecule has 228 valence electrons. The molecule has 0 unspecified atom stereocenters. The zero-order valence-corrected chi connectivity index (χ0v) is 24.7. The third-order valence-electron chi connectivity index (χ3n) is 7.46. The molecule has 43 heavy (non-hydrogen) atoms. The number of aryl methyl sites for hydroxylation is 1. The van der Waals surface area contributed by atoms with Crippen molar-refractivity contribution in [1.29, 1.82) is 0 Å². The maximum Gasteiger partial charge on any atom is 0.250 e. The lowest BCUT2D eigenvalue weighted by atomic mass is 10.1. The number of hydrogen-bond acceptors (Lipinski definition) is 9. The monoisotopic (exact) mass is 589 g/mol. The number of nitrogens with two attached hydrogens (primary N) is 2. The van der Waals surface area contributed by atoms with Gasteiger partial charge in [-0.15, -0.1) is 0 Å². The van der Waals surface area contributed by atoms with Crippen molar-refractivity contribution in [1.82, 2.24) is 29.0 Å². The van der Waals surface area contributed by atoms with E-state index in [9.17, 15) is 9.59 Å². The molecule has 2 amide bonds. The molecule has 3 aromatic heterocycles. The smallest absolute Gasteiger partial charge is 0.250 e. The first kappa shape index (κ1) is 30.0. The molecule has 0 atom stereocenters. The maximum absolute atomic E-state index is 12.1. The topological polar surface area (TPSA) is 168 Å². The van der Waals surface area contributed by atoms with Crippen LogP contribution in [-0.2, 0) is 24.2 Å². The van der Waals surface area contributed by atoms with E-state index in [4.69, 9.17) is 30.9 Å². The van der Waals surface area contributed by atoms with Crippen LogP contribution in [0.15, 0.2) is 36.5 Å². The number of carbonyl (C=O) groups excluding carboxylic acids is 2. The van der Waals surface area contributed by atoms with Gasteiger partial charge in [-0.1, -0.05) is 19.1 Å². The van der Waals surface area contributed by atoms with E-state index >= 15 is 0 Å². The molecule has 0 bridgehead atoms. The van der Waals surface area contributed by atoms with Gasteiger partial charge in [-0.25, -0.2) is 15.0 Å². The fourth-order valence-corrected chi connectivity index (χ4v) is 5.30. The molecule has 4 aromatic rings. The second-order valence-electron chi connectivity index (χ2n) is 10.4. The molecule has 1 fully saturated rings. The lowest BCUT2D eigenvalue weighted by Crippen LogP contribution is -2.37. The molecule has 0 aliphatic carbocycles. The lowest BCUT2D eigenvalue weighted by Gasteiger charge is -2.26.